The van der Waals surface area contributed by atoms with Crippen molar-refractivity contribution in [3.63, 3.8) is 0 Å². The third-order valence-corrected chi connectivity index (χ3v) is 4.83. The van der Waals surface area contributed by atoms with Crippen molar-refractivity contribution in [1.29, 1.82) is 0 Å². The fraction of sp³-hybridized carbons (Fsp3) is 0.684. The van der Waals surface area contributed by atoms with Gasteiger partial charge < -0.3 is 15.7 Å². The van der Waals surface area contributed by atoms with E-state index in [0.29, 0.717) is 19.0 Å². The quantitative estimate of drug-likeness (QED) is 0.776. The molecule has 1 aromatic carbocycles. The van der Waals surface area contributed by atoms with Crippen LogP contribution in [0.3, 0.4) is 0 Å². The highest BCUT2D eigenvalue weighted by molar-refractivity contribution is 5.39. The number of fused-ring (bicyclic) bond motifs is 1. The number of nitrogens with zero attached hydrogens (tertiary/aromatic N) is 1. The monoisotopic (exact) mass is 304 g/mol. The van der Waals surface area contributed by atoms with Gasteiger partial charge in [0, 0.05) is 6.04 Å². The number of aliphatic hydroxyl groups is 1. The van der Waals surface area contributed by atoms with Crippen LogP contribution in [-0.4, -0.2) is 35.7 Å². The number of aryl methyl sites for hydroxylation is 1. The van der Waals surface area contributed by atoms with Crippen LogP contribution < -0.4 is 5.73 Å². The molecule has 3 nitrogen and oxygen atoms in total. The average molecular weight is 304 g/mol. The van der Waals surface area contributed by atoms with E-state index in [-0.39, 0.29) is 0 Å². The SMILES string of the molecule is CCCN(CCC)C1CCc2cccc(C(O)CCN)c2C1. The van der Waals surface area contributed by atoms with Gasteiger partial charge in [0.2, 0.25) is 0 Å². The van der Waals surface area contributed by atoms with Gasteiger partial charge in [0.25, 0.3) is 0 Å². The Morgan fingerprint density at radius 3 is 2.64 bits per heavy atom. The molecule has 124 valence electrons. The molecule has 0 fully saturated rings. The Morgan fingerprint density at radius 1 is 1.27 bits per heavy atom. The Hall–Kier alpha value is -0.900. The highest BCUT2D eigenvalue weighted by atomic mass is 16.3. The maximum atomic E-state index is 10.4. The van der Waals surface area contributed by atoms with Crippen molar-refractivity contribution in [3.05, 3.63) is 34.9 Å². The van der Waals surface area contributed by atoms with Gasteiger partial charge in [-0.05, 0) is 74.8 Å². The lowest BCUT2D eigenvalue weighted by Crippen LogP contribution is -2.40. The third kappa shape index (κ3) is 4.09. The molecular weight excluding hydrogens is 272 g/mol. The van der Waals surface area contributed by atoms with E-state index in [1.54, 1.807) is 0 Å². The Kier molecular flexibility index (Phi) is 6.87. The van der Waals surface area contributed by atoms with Crippen LogP contribution in [0.25, 0.3) is 0 Å². The molecule has 1 aromatic rings. The minimum atomic E-state index is -0.412. The van der Waals surface area contributed by atoms with Gasteiger partial charge >= 0.3 is 0 Å². The average Bonchev–Trinajstić information content (AvgIpc) is 2.54. The van der Waals surface area contributed by atoms with Gasteiger partial charge in [-0.25, -0.2) is 0 Å². The second kappa shape index (κ2) is 8.66. The van der Waals surface area contributed by atoms with Gasteiger partial charge in [0.1, 0.15) is 0 Å². The summed E-state index contributed by atoms with van der Waals surface area (Å²) in [6.45, 7) is 7.42. The first kappa shape index (κ1) is 17.5. The van der Waals surface area contributed by atoms with E-state index in [4.69, 9.17) is 5.73 Å². The molecule has 0 heterocycles. The molecule has 0 bridgehead atoms. The first-order chi connectivity index (χ1) is 10.7. The fourth-order valence-corrected chi connectivity index (χ4v) is 3.79. The Balaban J connectivity index is 2.20. The van der Waals surface area contributed by atoms with Crippen LogP contribution >= 0.6 is 0 Å². The largest absolute Gasteiger partial charge is 0.388 e. The molecule has 2 rings (SSSR count). The summed E-state index contributed by atoms with van der Waals surface area (Å²) < 4.78 is 0. The molecule has 3 heteroatoms. The van der Waals surface area contributed by atoms with Gasteiger partial charge in [0.15, 0.2) is 0 Å². The van der Waals surface area contributed by atoms with Gasteiger partial charge in [-0.2, -0.15) is 0 Å². The summed E-state index contributed by atoms with van der Waals surface area (Å²) in [7, 11) is 0. The second-order valence-corrected chi connectivity index (χ2v) is 6.51. The molecule has 3 N–H and O–H groups in total. The predicted octanol–water partition coefficient (Wildman–Crippen LogP) is 3.05. The maximum Gasteiger partial charge on any atom is 0.0804 e. The van der Waals surface area contributed by atoms with E-state index in [1.807, 2.05) is 0 Å². The molecule has 0 spiro atoms. The number of rotatable bonds is 8. The van der Waals surface area contributed by atoms with Crippen molar-refractivity contribution < 1.29 is 5.11 Å². The summed E-state index contributed by atoms with van der Waals surface area (Å²) in [5, 5.41) is 10.4. The first-order valence-corrected chi connectivity index (χ1v) is 8.94. The van der Waals surface area contributed by atoms with Crippen molar-refractivity contribution in [2.45, 2.75) is 64.5 Å². The van der Waals surface area contributed by atoms with Crippen molar-refractivity contribution in [1.82, 2.24) is 4.90 Å². The summed E-state index contributed by atoms with van der Waals surface area (Å²) in [5.74, 6) is 0. The highest BCUT2D eigenvalue weighted by Gasteiger charge is 2.26. The molecule has 1 aliphatic carbocycles. The molecule has 0 saturated carbocycles. The first-order valence-electron chi connectivity index (χ1n) is 8.94. The smallest absolute Gasteiger partial charge is 0.0804 e. The lowest BCUT2D eigenvalue weighted by molar-refractivity contribution is 0.161. The summed E-state index contributed by atoms with van der Waals surface area (Å²) in [6.07, 6.45) is 6.10. The molecule has 2 atom stereocenters. The Morgan fingerprint density at radius 2 is 2.00 bits per heavy atom. The van der Waals surface area contributed by atoms with Crippen molar-refractivity contribution >= 4 is 0 Å². The van der Waals surface area contributed by atoms with E-state index in [0.717, 1.165) is 18.4 Å². The van der Waals surface area contributed by atoms with Gasteiger partial charge in [-0.3, -0.25) is 0 Å². The Bertz CT molecular complexity index is 455. The van der Waals surface area contributed by atoms with Gasteiger partial charge in [-0.1, -0.05) is 32.0 Å². The van der Waals surface area contributed by atoms with Crippen LogP contribution in [0.15, 0.2) is 18.2 Å². The van der Waals surface area contributed by atoms with Crippen molar-refractivity contribution in [2.24, 2.45) is 5.73 Å². The van der Waals surface area contributed by atoms with E-state index >= 15 is 0 Å². The zero-order chi connectivity index (χ0) is 15.9. The van der Waals surface area contributed by atoms with Crippen LogP contribution in [0, 0.1) is 0 Å². The number of aliphatic hydroxyl groups excluding tert-OH is 1. The van der Waals surface area contributed by atoms with Crippen LogP contribution in [0.5, 0.6) is 0 Å². The molecule has 0 amide bonds. The molecule has 0 aliphatic heterocycles. The molecule has 0 saturated heterocycles. The van der Waals surface area contributed by atoms with Crippen LogP contribution in [-0.2, 0) is 12.8 Å². The minimum Gasteiger partial charge on any atom is -0.388 e. The highest BCUT2D eigenvalue weighted by Crippen LogP contribution is 2.31. The summed E-state index contributed by atoms with van der Waals surface area (Å²) in [5.41, 5.74) is 9.56. The van der Waals surface area contributed by atoms with E-state index in [2.05, 4.69) is 36.9 Å². The molecule has 22 heavy (non-hydrogen) atoms. The normalized spacial score (nSPS) is 19.2. The fourth-order valence-electron chi connectivity index (χ4n) is 3.79. The number of nitrogens with two attached hydrogens (primary N) is 1. The maximum absolute atomic E-state index is 10.4. The van der Waals surface area contributed by atoms with E-state index in [1.165, 1.54) is 43.5 Å². The third-order valence-electron chi connectivity index (χ3n) is 4.83. The van der Waals surface area contributed by atoms with Gasteiger partial charge in [0.05, 0.1) is 6.10 Å². The summed E-state index contributed by atoms with van der Waals surface area (Å²) in [4.78, 5) is 2.65. The van der Waals surface area contributed by atoms with E-state index < -0.39 is 6.10 Å². The second-order valence-electron chi connectivity index (χ2n) is 6.51. The molecule has 0 radical (unpaired) electrons. The molecule has 2 unspecified atom stereocenters. The van der Waals surface area contributed by atoms with Crippen molar-refractivity contribution in [3.8, 4) is 0 Å². The Labute approximate surface area is 135 Å². The van der Waals surface area contributed by atoms with Crippen molar-refractivity contribution in [2.75, 3.05) is 19.6 Å². The van der Waals surface area contributed by atoms with Crippen LogP contribution in [0.1, 0.15) is 62.3 Å². The molecular formula is C19H32N2O. The summed E-state index contributed by atoms with van der Waals surface area (Å²) >= 11 is 0. The molecule has 1 aliphatic rings. The number of hydrogen-bond donors (Lipinski definition) is 2. The predicted molar refractivity (Wildman–Crippen MR) is 93.0 cm³/mol. The number of hydrogen-bond acceptors (Lipinski definition) is 3. The standard InChI is InChI=1S/C19H32N2O/c1-3-12-21(13-4-2)16-9-8-15-6-5-7-17(18(15)14-16)19(22)10-11-20/h5-7,16,19,22H,3-4,8-14,20H2,1-2H3. The number of benzene rings is 1. The van der Waals surface area contributed by atoms with Crippen LogP contribution in [0.4, 0.5) is 0 Å². The zero-order valence-corrected chi connectivity index (χ0v) is 14.2. The van der Waals surface area contributed by atoms with Gasteiger partial charge in [-0.15, -0.1) is 0 Å². The topological polar surface area (TPSA) is 49.5 Å². The molecule has 0 aromatic heterocycles. The lowest BCUT2D eigenvalue weighted by atomic mass is 9.83. The zero-order valence-electron chi connectivity index (χ0n) is 14.2. The summed E-state index contributed by atoms with van der Waals surface area (Å²) in [6, 6.07) is 7.03. The van der Waals surface area contributed by atoms with Crippen LogP contribution in [0.2, 0.25) is 0 Å². The minimum absolute atomic E-state index is 0.412. The van der Waals surface area contributed by atoms with E-state index in [9.17, 15) is 5.11 Å². The lowest BCUT2D eigenvalue weighted by Gasteiger charge is -2.36.